The highest BCUT2D eigenvalue weighted by Crippen LogP contribution is 2.19. The Morgan fingerprint density at radius 1 is 1.16 bits per heavy atom. The van der Waals surface area contributed by atoms with Crippen molar-refractivity contribution in [1.29, 1.82) is 0 Å². The standard InChI is InChI=1S/C18H31N3O3.HI/c1-14(2)23-11-7-10-20-18(19-4)21-13-15(3)24-17-9-6-8-16(12-17)22-5;/h6,8-9,12,14-15H,7,10-11,13H2,1-5H3,(H2,19,20,21);1H. The van der Waals surface area contributed by atoms with Crippen molar-refractivity contribution in [2.45, 2.75) is 39.4 Å². The van der Waals surface area contributed by atoms with Gasteiger partial charge in [-0.15, -0.1) is 24.0 Å². The van der Waals surface area contributed by atoms with Crippen LogP contribution in [-0.2, 0) is 4.74 Å². The van der Waals surface area contributed by atoms with E-state index in [1.165, 1.54) is 0 Å². The Kier molecular flexibility index (Phi) is 13.3. The van der Waals surface area contributed by atoms with Crippen molar-refractivity contribution in [3.05, 3.63) is 24.3 Å². The second kappa shape index (κ2) is 14.0. The number of nitrogens with one attached hydrogen (secondary N) is 2. The summed E-state index contributed by atoms with van der Waals surface area (Å²) in [6.45, 7) is 8.30. The second-order valence-electron chi connectivity index (χ2n) is 5.76. The van der Waals surface area contributed by atoms with Crippen molar-refractivity contribution in [2.75, 3.05) is 33.9 Å². The molecule has 1 atom stereocenters. The maximum atomic E-state index is 5.88. The molecule has 0 aromatic heterocycles. The first-order valence-electron chi connectivity index (χ1n) is 8.42. The summed E-state index contributed by atoms with van der Waals surface area (Å²) in [7, 11) is 3.40. The molecule has 25 heavy (non-hydrogen) atoms. The largest absolute Gasteiger partial charge is 0.497 e. The van der Waals surface area contributed by atoms with Gasteiger partial charge in [0, 0.05) is 26.3 Å². The first kappa shape index (κ1) is 23.8. The molecule has 0 aliphatic rings. The Hall–Kier alpha value is -1.22. The molecule has 0 amide bonds. The summed E-state index contributed by atoms with van der Waals surface area (Å²) in [6, 6.07) is 7.59. The normalized spacial score (nSPS) is 12.3. The van der Waals surface area contributed by atoms with E-state index in [4.69, 9.17) is 14.2 Å². The van der Waals surface area contributed by atoms with E-state index in [0.717, 1.165) is 37.0 Å². The van der Waals surface area contributed by atoms with E-state index >= 15 is 0 Å². The molecule has 1 unspecified atom stereocenters. The van der Waals surface area contributed by atoms with Crippen molar-refractivity contribution in [2.24, 2.45) is 4.99 Å². The predicted molar refractivity (Wildman–Crippen MR) is 114 cm³/mol. The molecule has 0 fully saturated rings. The van der Waals surface area contributed by atoms with Crippen molar-refractivity contribution in [1.82, 2.24) is 10.6 Å². The van der Waals surface area contributed by atoms with Gasteiger partial charge in [-0.1, -0.05) is 6.07 Å². The maximum absolute atomic E-state index is 5.88. The van der Waals surface area contributed by atoms with Gasteiger partial charge in [0.2, 0.25) is 0 Å². The summed E-state index contributed by atoms with van der Waals surface area (Å²) in [5.41, 5.74) is 0. The van der Waals surface area contributed by atoms with Crippen LogP contribution in [0, 0.1) is 0 Å². The smallest absolute Gasteiger partial charge is 0.191 e. The molecule has 1 aromatic carbocycles. The number of ether oxygens (including phenoxy) is 3. The second-order valence-corrected chi connectivity index (χ2v) is 5.76. The van der Waals surface area contributed by atoms with Gasteiger partial charge in [0.05, 0.1) is 19.8 Å². The monoisotopic (exact) mass is 465 g/mol. The van der Waals surface area contributed by atoms with Gasteiger partial charge in [-0.05, 0) is 39.3 Å². The summed E-state index contributed by atoms with van der Waals surface area (Å²) < 4.78 is 16.6. The van der Waals surface area contributed by atoms with Crippen molar-refractivity contribution in [3.63, 3.8) is 0 Å². The van der Waals surface area contributed by atoms with Gasteiger partial charge in [0.1, 0.15) is 17.6 Å². The number of hydrogen-bond acceptors (Lipinski definition) is 4. The van der Waals surface area contributed by atoms with E-state index in [1.54, 1.807) is 14.2 Å². The van der Waals surface area contributed by atoms with Crippen LogP contribution in [0.2, 0.25) is 0 Å². The molecule has 0 aliphatic heterocycles. The van der Waals surface area contributed by atoms with Crippen LogP contribution in [0.5, 0.6) is 11.5 Å². The zero-order valence-electron chi connectivity index (χ0n) is 15.9. The van der Waals surface area contributed by atoms with Gasteiger partial charge in [0.25, 0.3) is 0 Å². The van der Waals surface area contributed by atoms with Crippen LogP contribution >= 0.6 is 24.0 Å². The third-order valence-corrected chi connectivity index (χ3v) is 3.22. The fourth-order valence-electron chi connectivity index (χ4n) is 2.01. The highest BCUT2D eigenvalue weighted by molar-refractivity contribution is 14.0. The molecule has 0 heterocycles. The summed E-state index contributed by atoms with van der Waals surface area (Å²) in [5.74, 6) is 2.34. The van der Waals surface area contributed by atoms with Crippen LogP contribution in [0.4, 0.5) is 0 Å². The molecule has 2 N–H and O–H groups in total. The van der Waals surface area contributed by atoms with E-state index in [0.29, 0.717) is 6.54 Å². The van der Waals surface area contributed by atoms with Gasteiger partial charge >= 0.3 is 0 Å². The Labute approximate surface area is 168 Å². The number of nitrogens with zero attached hydrogens (tertiary/aromatic N) is 1. The first-order valence-corrected chi connectivity index (χ1v) is 8.42. The lowest BCUT2D eigenvalue weighted by atomic mass is 10.3. The van der Waals surface area contributed by atoms with Crippen LogP contribution in [0.3, 0.4) is 0 Å². The molecule has 144 valence electrons. The van der Waals surface area contributed by atoms with Gasteiger partial charge in [-0.2, -0.15) is 0 Å². The molecule has 0 aliphatic carbocycles. The first-order chi connectivity index (χ1) is 11.5. The van der Waals surface area contributed by atoms with Crippen LogP contribution in [0.25, 0.3) is 0 Å². The van der Waals surface area contributed by atoms with E-state index in [2.05, 4.69) is 15.6 Å². The number of rotatable bonds is 10. The van der Waals surface area contributed by atoms with Crippen LogP contribution in [0.1, 0.15) is 27.2 Å². The molecular formula is C18H32IN3O3. The summed E-state index contributed by atoms with van der Waals surface area (Å²) in [4.78, 5) is 4.21. The Morgan fingerprint density at radius 3 is 2.52 bits per heavy atom. The molecule has 7 heteroatoms. The Bertz CT molecular complexity index is 498. The van der Waals surface area contributed by atoms with E-state index in [9.17, 15) is 0 Å². The van der Waals surface area contributed by atoms with Gasteiger partial charge in [0.15, 0.2) is 5.96 Å². The number of aliphatic imine (C=N–C) groups is 1. The van der Waals surface area contributed by atoms with Crippen molar-refractivity contribution >= 4 is 29.9 Å². The number of guanidine groups is 1. The van der Waals surface area contributed by atoms with Crippen molar-refractivity contribution in [3.8, 4) is 11.5 Å². The summed E-state index contributed by atoms with van der Waals surface area (Å²) in [6.07, 6.45) is 1.21. The third kappa shape index (κ3) is 11.1. The summed E-state index contributed by atoms with van der Waals surface area (Å²) in [5, 5.41) is 6.52. The lowest BCUT2D eigenvalue weighted by Crippen LogP contribution is -2.42. The molecule has 0 radical (unpaired) electrons. The van der Waals surface area contributed by atoms with Crippen LogP contribution < -0.4 is 20.1 Å². The van der Waals surface area contributed by atoms with Gasteiger partial charge in [-0.3, -0.25) is 4.99 Å². The number of hydrogen-bond donors (Lipinski definition) is 2. The Balaban J connectivity index is 0.00000576. The third-order valence-electron chi connectivity index (χ3n) is 3.22. The van der Waals surface area contributed by atoms with Crippen LogP contribution in [-0.4, -0.2) is 52.0 Å². The average molecular weight is 465 g/mol. The lowest BCUT2D eigenvalue weighted by molar-refractivity contribution is 0.0776. The average Bonchev–Trinajstić information content (AvgIpc) is 2.57. The number of halogens is 1. The van der Waals surface area contributed by atoms with E-state index < -0.39 is 0 Å². The molecule has 0 saturated heterocycles. The minimum atomic E-state index is -0.0000644. The highest BCUT2D eigenvalue weighted by Gasteiger charge is 2.06. The Morgan fingerprint density at radius 2 is 1.88 bits per heavy atom. The van der Waals surface area contributed by atoms with Gasteiger partial charge < -0.3 is 24.8 Å². The molecule has 1 rings (SSSR count). The fourth-order valence-corrected chi connectivity index (χ4v) is 2.01. The lowest BCUT2D eigenvalue weighted by Gasteiger charge is -2.18. The van der Waals surface area contributed by atoms with E-state index in [1.807, 2.05) is 45.0 Å². The maximum Gasteiger partial charge on any atom is 0.191 e. The van der Waals surface area contributed by atoms with E-state index in [-0.39, 0.29) is 36.2 Å². The topological polar surface area (TPSA) is 64.1 Å². The number of benzene rings is 1. The highest BCUT2D eigenvalue weighted by atomic mass is 127. The van der Waals surface area contributed by atoms with Gasteiger partial charge in [-0.25, -0.2) is 0 Å². The molecule has 0 spiro atoms. The zero-order valence-corrected chi connectivity index (χ0v) is 18.2. The summed E-state index contributed by atoms with van der Waals surface area (Å²) >= 11 is 0. The molecular weight excluding hydrogens is 433 g/mol. The fraction of sp³-hybridized carbons (Fsp3) is 0.611. The molecule has 0 saturated carbocycles. The molecule has 0 bridgehead atoms. The molecule has 1 aromatic rings. The zero-order chi connectivity index (χ0) is 17.8. The number of methoxy groups -OCH3 is 1. The quantitative estimate of drug-likeness (QED) is 0.241. The SMILES string of the molecule is CN=C(NCCCOC(C)C)NCC(C)Oc1cccc(OC)c1.I. The minimum absolute atomic E-state index is 0. The van der Waals surface area contributed by atoms with Crippen molar-refractivity contribution < 1.29 is 14.2 Å². The predicted octanol–water partition coefficient (Wildman–Crippen LogP) is 3.06. The van der Waals surface area contributed by atoms with Crippen LogP contribution in [0.15, 0.2) is 29.3 Å². The minimum Gasteiger partial charge on any atom is -0.497 e. The molecule has 6 nitrogen and oxygen atoms in total.